The molecule has 1 atom stereocenters. The van der Waals surface area contributed by atoms with E-state index in [9.17, 15) is 4.79 Å². The van der Waals surface area contributed by atoms with Gasteiger partial charge in [-0.2, -0.15) is 5.10 Å². The third-order valence-electron chi connectivity index (χ3n) is 3.75. The summed E-state index contributed by atoms with van der Waals surface area (Å²) in [4.78, 5) is 14.3. The molecule has 3 rings (SSSR count). The molecule has 110 valence electrons. The van der Waals surface area contributed by atoms with E-state index in [1.54, 1.807) is 6.20 Å². The number of aromatic nitrogens is 2. The van der Waals surface area contributed by atoms with E-state index in [1.807, 2.05) is 47.0 Å². The first-order valence-electron chi connectivity index (χ1n) is 7.37. The molecule has 2 amide bonds. The van der Waals surface area contributed by atoms with Gasteiger partial charge in [0, 0.05) is 30.7 Å². The molecule has 0 aliphatic carbocycles. The van der Waals surface area contributed by atoms with Crippen LogP contribution in [0.2, 0.25) is 0 Å². The molecule has 2 heterocycles. The van der Waals surface area contributed by atoms with Crippen LogP contribution in [0.1, 0.15) is 18.9 Å². The maximum absolute atomic E-state index is 12.5. The highest BCUT2D eigenvalue weighted by Crippen LogP contribution is 2.26. The van der Waals surface area contributed by atoms with Crippen LogP contribution in [0.3, 0.4) is 0 Å². The van der Waals surface area contributed by atoms with Crippen LogP contribution in [0.25, 0.3) is 0 Å². The molecule has 1 aliphatic rings. The number of benzene rings is 1. The molecule has 0 saturated heterocycles. The Morgan fingerprint density at radius 3 is 3.05 bits per heavy atom. The fourth-order valence-electron chi connectivity index (χ4n) is 2.77. The summed E-state index contributed by atoms with van der Waals surface area (Å²) in [7, 11) is 0. The van der Waals surface area contributed by atoms with Crippen LogP contribution in [0.15, 0.2) is 42.7 Å². The lowest BCUT2D eigenvalue weighted by Crippen LogP contribution is -2.47. The van der Waals surface area contributed by atoms with Gasteiger partial charge in [-0.25, -0.2) is 4.79 Å². The maximum Gasteiger partial charge on any atom is 0.322 e. The van der Waals surface area contributed by atoms with Crippen LogP contribution in [0, 0.1) is 0 Å². The number of hydrogen-bond donors (Lipinski definition) is 1. The Balaban J connectivity index is 1.66. The Hall–Kier alpha value is -2.30. The van der Waals surface area contributed by atoms with E-state index in [0.29, 0.717) is 6.54 Å². The van der Waals surface area contributed by atoms with Gasteiger partial charge in [0.1, 0.15) is 0 Å². The predicted octanol–water partition coefficient (Wildman–Crippen LogP) is 2.43. The Kier molecular flexibility index (Phi) is 3.90. The SMILES string of the molecule is CC(Cn1cccn1)NC(=O)N1CCCc2ccccc21. The average Bonchev–Trinajstić information content (AvgIpc) is 2.99. The lowest BCUT2D eigenvalue weighted by Gasteiger charge is -2.30. The summed E-state index contributed by atoms with van der Waals surface area (Å²) in [5.74, 6) is 0. The number of hydrogen-bond acceptors (Lipinski definition) is 2. The van der Waals surface area contributed by atoms with Crippen molar-refractivity contribution in [3.63, 3.8) is 0 Å². The number of para-hydroxylation sites is 1. The largest absolute Gasteiger partial charge is 0.333 e. The Morgan fingerprint density at radius 1 is 1.38 bits per heavy atom. The molecule has 0 radical (unpaired) electrons. The fourth-order valence-corrected chi connectivity index (χ4v) is 2.77. The molecule has 1 unspecified atom stereocenters. The van der Waals surface area contributed by atoms with Gasteiger partial charge in [-0.3, -0.25) is 9.58 Å². The molecule has 0 saturated carbocycles. The van der Waals surface area contributed by atoms with Gasteiger partial charge in [0.2, 0.25) is 0 Å². The summed E-state index contributed by atoms with van der Waals surface area (Å²) in [5, 5.41) is 7.22. The molecule has 5 nitrogen and oxygen atoms in total. The van der Waals surface area contributed by atoms with E-state index < -0.39 is 0 Å². The zero-order chi connectivity index (χ0) is 14.7. The van der Waals surface area contributed by atoms with Gasteiger partial charge in [0.25, 0.3) is 0 Å². The minimum absolute atomic E-state index is 0.0261. The van der Waals surface area contributed by atoms with Crippen LogP contribution >= 0.6 is 0 Å². The zero-order valence-corrected chi connectivity index (χ0v) is 12.2. The van der Waals surface area contributed by atoms with Crippen molar-refractivity contribution < 1.29 is 4.79 Å². The predicted molar refractivity (Wildman–Crippen MR) is 82.3 cm³/mol. The summed E-state index contributed by atoms with van der Waals surface area (Å²) in [6, 6.07) is 10.0. The van der Waals surface area contributed by atoms with Crippen LogP contribution in [-0.4, -0.2) is 28.4 Å². The van der Waals surface area contributed by atoms with Crippen molar-refractivity contribution in [3.05, 3.63) is 48.3 Å². The molecule has 1 aliphatic heterocycles. The molecule has 1 aromatic heterocycles. The standard InChI is InChI=1S/C16H20N4O/c1-13(12-19-10-5-9-17-19)18-16(21)20-11-4-7-14-6-2-3-8-15(14)20/h2-3,5-6,8-10,13H,4,7,11-12H2,1H3,(H,18,21). The van der Waals surface area contributed by atoms with Gasteiger partial charge < -0.3 is 5.32 Å². The molecule has 0 bridgehead atoms. The first-order chi connectivity index (χ1) is 10.2. The maximum atomic E-state index is 12.5. The zero-order valence-electron chi connectivity index (χ0n) is 12.2. The topological polar surface area (TPSA) is 50.2 Å². The number of carbonyl (C=O) groups is 1. The molecule has 5 heteroatoms. The summed E-state index contributed by atoms with van der Waals surface area (Å²) < 4.78 is 1.83. The van der Waals surface area contributed by atoms with E-state index in [2.05, 4.69) is 16.5 Å². The molecule has 2 aromatic rings. The van der Waals surface area contributed by atoms with Crippen molar-refractivity contribution in [1.29, 1.82) is 0 Å². The number of fused-ring (bicyclic) bond motifs is 1. The number of anilines is 1. The van der Waals surface area contributed by atoms with Crippen LogP contribution in [0.4, 0.5) is 10.5 Å². The van der Waals surface area contributed by atoms with Crippen LogP contribution in [0.5, 0.6) is 0 Å². The minimum atomic E-state index is -0.0261. The van der Waals surface area contributed by atoms with Crippen molar-refractivity contribution in [2.75, 3.05) is 11.4 Å². The van der Waals surface area contributed by atoms with E-state index >= 15 is 0 Å². The Bertz CT molecular complexity index is 608. The minimum Gasteiger partial charge on any atom is -0.333 e. The number of amides is 2. The van der Waals surface area contributed by atoms with Gasteiger partial charge >= 0.3 is 6.03 Å². The monoisotopic (exact) mass is 284 g/mol. The van der Waals surface area contributed by atoms with E-state index in [-0.39, 0.29) is 12.1 Å². The van der Waals surface area contributed by atoms with Gasteiger partial charge in [-0.1, -0.05) is 18.2 Å². The molecular weight excluding hydrogens is 264 g/mol. The van der Waals surface area contributed by atoms with Crippen molar-refractivity contribution in [2.45, 2.75) is 32.4 Å². The number of rotatable bonds is 3. The van der Waals surface area contributed by atoms with Crippen LogP contribution in [-0.2, 0) is 13.0 Å². The number of aryl methyl sites for hydroxylation is 1. The molecular formula is C16H20N4O. The van der Waals surface area contributed by atoms with Gasteiger partial charge in [-0.15, -0.1) is 0 Å². The second kappa shape index (κ2) is 5.99. The lowest BCUT2D eigenvalue weighted by molar-refractivity contribution is 0.241. The first-order valence-corrected chi connectivity index (χ1v) is 7.37. The van der Waals surface area contributed by atoms with E-state index in [0.717, 1.165) is 25.1 Å². The molecule has 21 heavy (non-hydrogen) atoms. The van der Waals surface area contributed by atoms with Crippen molar-refractivity contribution >= 4 is 11.7 Å². The van der Waals surface area contributed by atoms with Crippen molar-refractivity contribution in [1.82, 2.24) is 15.1 Å². The van der Waals surface area contributed by atoms with Crippen molar-refractivity contribution in [2.24, 2.45) is 0 Å². The van der Waals surface area contributed by atoms with Gasteiger partial charge in [-0.05, 0) is 37.5 Å². The number of nitrogens with one attached hydrogen (secondary N) is 1. The quantitative estimate of drug-likeness (QED) is 0.941. The highest BCUT2D eigenvalue weighted by atomic mass is 16.2. The summed E-state index contributed by atoms with van der Waals surface area (Å²) in [6.07, 6.45) is 5.70. The highest BCUT2D eigenvalue weighted by Gasteiger charge is 2.23. The molecule has 1 N–H and O–H groups in total. The number of carbonyl (C=O) groups excluding carboxylic acids is 1. The smallest absolute Gasteiger partial charge is 0.322 e. The van der Waals surface area contributed by atoms with E-state index in [4.69, 9.17) is 0 Å². The number of nitrogens with zero attached hydrogens (tertiary/aromatic N) is 3. The van der Waals surface area contributed by atoms with E-state index in [1.165, 1.54) is 5.56 Å². The summed E-state index contributed by atoms with van der Waals surface area (Å²) in [6.45, 7) is 3.45. The van der Waals surface area contributed by atoms with Gasteiger partial charge in [0.15, 0.2) is 0 Å². The fraction of sp³-hybridized carbons (Fsp3) is 0.375. The highest BCUT2D eigenvalue weighted by molar-refractivity contribution is 5.93. The second-order valence-electron chi connectivity index (χ2n) is 5.46. The van der Waals surface area contributed by atoms with Crippen molar-refractivity contribution in [3.8, 4) is 0 Å². The molecule has 0 fully saturated rings. The lowest BCUT2D eigenvalue weighted by atomic mass is 10.0. The molecule has 0 spiro atoms. The summed E-state index contributed by atoms with van der Waals surface area (Å²) >= 11 is 0. The second-order valence-corrected chi connectivity index (χ2v) is 5.46. The van der Waals surface area contributed by atoms with Gasteiger partial charge in [0.05, 0.1) is 6.54 Å². The average molecular weight is 284 g/mol. The molecule has 1 aromatic carbocycles. The first kappa shape index (κ1) is 13.7. The summed E-state index contributed by atoms with van der Waals surface area (Å²) in [5.41, 5.74) is 2.28. The third-order valence-corrected chi connectivity index (χ3v) is 3.75. The normalized spacial score (nSPS) is 15.4. The van der Waals surface area contributed by atoms with Crippen LogP contribution < -0.4 is 10.2 Å². The number of urea groups is 1. The third kappa shape index (κ3) is 3.07. The Morgan fingerprint density at radius 2 is 2.24 bits per heavy atom. The Labute approximate surface area is 124 Å².